The Balaban J connectivity index is 1.65. The van der Waals surface area contributed by atoms with Crippen molar-refractivity contribution in [3.63, 3.8) is 0 Å². The second-order valence-corrected chi connectivity index (χ2v) is 9.00. The molecule has 0 radical (unpaired) electrons. The lowest BCUT2D eigenvalue weighted by molar-refractivity contribution is -0.109. The minimum Gasteiger partial charge on any atom is -0.404 e. The highest BCUT2D eigenvalue weighted by Gasteiger charge is 2.18. The van der Waals surface area contributed by atoms with E-state index in [1.54, 1.807) is 35.1 Å². The molecule has 11 heteroatoms. The van der Waals surface area contributed by atoms with Gasteiger partial charge in [0.25, 0.3) is 0 Å². The molecule has 1 atom stereocenters. The maximum absolute atomic E-state index is 13.4. The predicted molar refractivity (Wildman–Crippen MR) is 152 cm³/mol. The minimum atomic E-state index is -0.291. The number of hydrogen-bond donors (Lipinski definition) is 3. The Hall–Kier alpha value is -5.08. The highest BCUT2D eigenvalue weighted by atomic mass is 19.1. The van der Waals surface area contributed by atoms with Crippen molar-refractivity contribution < 1.29 is 9.18 Å². The van der Waals surface area contributed by atoms with Gasteiger partial charge in [0.2, 0.25) is 6.41 Å². The van der Waals surface area contributed by atoms with E-state index in [-0.39, 0.29) is 11.7 Å². The zero-order valence-corrected chi connectivity index (χ0v) is 21.9. The van der Waals surface area contributed by atoms with Crippen LogP contribution in [0.15, 0.2) is 73.8 Å². The molecule has 1 unspecified atom stereocenters. The average molecular weight is 540 g/mol. The number of hydrogen-bond acceptors (Lipinski definition) is 8. The Morgan fingerprint density at radius 3 is 2.65 bits per heavy atom. The molecule has 0 spiro atoms. The number of amides is 1. The second kappa shape index (κ2) is 13.1. The van der Waals surface area contributed by atoms with Gasteiger partial charge in [-0.25, -0.2) is 18.9 Å². The van der Waals surface area contributed by atoms with Crippen LogP contribution in [0.1, 0.15) is 29.2 Å². The number of fused-ring (bicyclic) bond motifs is 1. The van der Waals surface area contributed by atoms with Gasteiger partial charge in [0.15, 0.2) is 0 Å². The Kier molecular flexibility index (Phi) is 9.17. The van der Waals surface area contributed by atoms with Gasteiger partial charge in [-0.1, -0.05) is 24.8 Å². The number of nitriles is 1. The van der Waals surface area contributed by atoms with E-state index < -0.39 is 0 Å². The van der Waals surface area contributed by atoms with Crippen molar-refractivity contribution in [3.05, 3.63) is 96.5 Å². The summed E-state index contributed by atoms with van der Waals surface area (Å²) in [5, 5.41) is 16.7. The lowest BCUT2D eigenvalue weighted by atomic mass is 9.95. The molecule has 0 aliphatic heterocycles. The molecular formula is C29H30FN9O. The van der Waals surface area contributed by atoms with E-state index in [4.69, 9.17) is 21.4 Å². The quantitative estimate of drug-likeness (QED) is 0.133. The van der Waals surface area contributed by atoms with Crippen molar-refractivity contribution in [1.29, 1.82) is 5.26 Å². The molecule has 1 amide bonds. The van der Waals surface area contributed by atoms with Crippen molar-refractivity contribution in [2.24, 2.45) is 11.5 Å². The van der Waals surface area contributed by atoms with Crippen LogP contribution in [-0.4, -0.2) is 52.2 Å². The highest BCUT2D eigenvalue weighted by Crippen LogP contribution is 2.28. The number of rotatable bonds is 13. The third-order valence-electron chi connectivity index (χ3n) is 6.64. The molecule has 5 N–H and O–H groups in total. The molecule has 3 heterocycles. The molecule has 10 nitrogen and oxygen atoms in total. The molecule has 0 bridgehead atoms. The zero-order chi connectivity index (χ0) is 28.5. The molecule has 0 saturated heterocycles. The third kappa shape index (κ3) is 6.14. The number of carbonyl (C=O) groups is 1. The molecule has 4 rings (SSSR count). The highest BCUT2D eigenvalue weighted by molar-refractivity contribution is 5.83. The summed E-state index contributed by atoms with van der Waals surface area (Å²) in [6.07, 6.45) is 9.24. The summed E-state index contributed by atoms with van der Waals surface area (Å²) in [4.78, 5) is 22.4. The number of carbonyl (C=O) groups excluding carboxylic acids is 1. The van der Waals surface area contributed by atoms with E-state index in [2.05, 4.69) is 28.0 Å². The van der Waals surface area contributed by atoms with Gasteiger partial charge < -0.3 is 21.7 Å². The molecule has 0 aliphatic carbocycles. The molecule has 3 aromatic heterocycles. The lowest BCUT2D eigenvalue weighted by Crippen LogP contribution is -2.34. The normalized spacial score (nSPS) is 12.1. The summed E-state index contributed by atoms with van der Waals surface area (Å²) in [5.41, 5.74) is 16.1. The molecule has 0 fully saturated rings. The molecule has 0 aliphatic rings. The van der Waals surface area contributed by atoms with Crippen LogP contribution in [-0.2, 0) is 4.79 Å². The third-order valence-corrected chi connectivity index (χ3v) is 6.64. The van der Waals surface area contributed by atoms with Crippen LogP contribution in [0.25, 0.3) is 22.3 Å². The van der Waals surface area contributed by atoms with Crippen LogP contribution in [0.2, 0.25) is 0 Å². The SMILES string of the molecule is C=C/C(=C\N)c1cn2ncc(C#N)c2c(-c2ccc(N(CCNC=O)CCC(CN)c3ccc(F)cc3)nc2)n1. The Labute approximate surface area is 231 Å². The van der Waals surface area contributed by atoms with E-state index in [9.17, 15) is 14.4 Å². The standard InChI is InChI=1S/C29H30FN9O/c1-2-20(13-31)26-18-39-29(24(15-33)17-36-39)28(37-26)23-5-8-27(35-16-23)38(12-10-34-19-40)11-9-22(14-32)21-3-6-25(30)7-4-21/h2-8,13,16-19,22H,1,9-12,14,31-32H2,(H,34,40)/b20-13+. The zero-order valence-electron chi connectivity index (χ0n) is 21.9. The lowest BCUT2D eigenvalue weighted by Gasteiger charge is -2.26. The number of halogens is 1. The van der Waals surface area contributed by atoms with Gasteiger partial charge in [0.05, 0.1) is 23.8 Å². The van der Waals surface area contributed by atoms with Crippen LogP contribution < -0.4 is 21.7 Å². The number of benzene rings is 1. The maximum Gasteiger partial charge on any atom is 0.207 e. The number of anilines is 1. The van der Waals surface area contributed by atoms with Gasteiger partial charge in [0.1, 0.15) is 28.8 Å². The smallest absolute Gasteiger partial charge is 0.207 e. The van der Waals surface area contributed by atoms with E-state index in [1.807, 2.05) is 12.1 Å². The molecular weight excluding hydrogens is 509 g/mol. The van der Waals surface area contributed by atoms with Crippen molar-refractivity contribution in [2.75, 3.05) is 31.1 Å². The number of aromatic nitrogens is 4. The van der Waals surface area contributed by atoms with Gasteiger partial charge in [-0.05, 0) is 48.7 Å². The van der Waals surface area contributed by atoms with Crippen LogP contribution in [0.4, 0.5) is 10.2 Å². The van der Waals surface area contributed by atoms with Crippen molar-refractivity contribution in [3.8, 4) is 17.3 Å². The van der Waals surface area contributed by atoms with Crippen LogP contribution in [0.5, 0.6) is 0 Å². The maximum atomic E-state index is 13.4. The van der Waals surface area contributed by atoms with Gasteiger partial charge >= 0.3 is 0 Å². The number of allylic oxidation sites excluding steroid dienone is 2. The van der Waals surface area contributed by atoms with Crippen LogP contribution in [0.3, 0.4) is 0 Å². The topological polar surface area (TPSA) is 151 Å². The second-order valence-electron chi connectivity index (χ2n) is 9.00. The number of nitrogens with one attached hydrogen (secondary N) is 1. The van der Waals surface area contributed by atoms with Gasteiger partial charge in [-0.15, -0.1) is 0 Å². The number of pyridine rings is 1. The van der Waals surface area contributed by atoms with Crippen LogP contribution >= 0.6 is 0 Å². The number of nitrogens with two attached hydrogens (primary N) is 2. The van der Waals surface area contributed by atoms with Crippen molar-refractivity contribution in [2.45, 2.75) is 12.3 Å². The molecule has 204 valence electrons. The molecule has 4 aromatic rings. The summed E-state index contributed by atoms with van der Waals surface area (Å²) < 4.78 is 15.0. The largest absolute Gasteiger partial charge is 0.404 e. The molecule has 0 saturated carbocycles. The van der Waals surface area contributed by atoms with Gasteiger partial charge in [0, 0.05) is 43.2 Å². The van der Waals surface area contributed by atoms with Gasteiger partial charge in [-0.3, -0.25) is 4.79 Å². The summed E-state index contributed by atoms with van der Waals surface area (Å²) >= 11 is 0. The van der Waals surface area contributed by atoms with E-state index >= 15 is 0 Å². The summed E-state index contributed by atoms with van der Waals surface area (Å²) in [6, 6.07) is 12.3. The van der Waals surface area contributed by atoms with Gasteiger partial charge in [-0.2, -0.15) is 10.4 Å². The molecule has 40 heavy (non-hydrogen) atoms. The first-order valence-corrected chi connectivity index (χ1v) is 12.7. The van der Waals surface area contributed by atoms with E-state index in [1.165, 1.54) is 24.5 Å². The first kappa shape index (κ1) is 27.9. The Morgan fingerprint density at radius 1 is 1.23 bits per heavy atom. The monoisotopic (exact) mass is 539 g/mol. The minimum absolute atomic E-state index is 0.0301. The average Bonchev–Trinajstić information content (AvgIpc) is 3.41. The Bertz CT molecular complexity index is 1540. The van der Waals surface area contributed by atoms with E-state index in [0.717, 1.165) is 5.56 Å². The molecule has 1 aromatic carbocycles. The summed E-state index contributed by atoms with van der Waals surface area (Å²) in [7, 11) is 0. The fourth-order valence-corrected chi connectivity index (χ4v) is 4.47. The Morgan fingerprint density at radius 2 is 2.02 bits per heavy atom. The number of nitrogens with zero attached hydrogens (tertiary/aromatic N) is 6. The van der Waals surface area contributed by atoms with Crippen molar-refractivity contribution >= 4 is 23.3 Å². The summed E-state index contributed by atoms with van der Waals surface area (Å²) in [5.74, 6) is 0.434. The van der Waals surface area contributed by atoms with Crippen molar-refractivity contribution in [1.82, 2.24) is 24.9 Å². The summed E-state index contributed by atoms with van der Waals surface area (Å²) in [6.45, 7) is 5.76. The van der Waals surface area contributed by atoms with E-state index in [0.29, 0.717) is 78.4 Å². The fourth-order valence-electron chi connectivity index (χ4n) is 4.47. The van der Waals surface area contributed by atoms with Crippen LogP contribution in [0, 0.1) is 17.1 Å². The first-order chi connectivity index (χ1) is 19.5. The predicted octanol–water partition coefficient (Wildman–Crippen LogP) is 2.97. The first-order valence-electron chi connectivity index (χ1n) is 12.7. The fraction of sp³-hybridized carbons (Fsp3) is 0.207.